The predicted octanol–water partition coefficient (Wildman–Crippen LogP) is 0.872. The summed E-state index contributed by atoms with van der Waals surface area (Å²) in [6.07, 6.45) is -1.03. The fraction of sp³-hybridized carbons (Fsp3) is 0.455. The van der Waals surface area contributed by atoms with E-state index in [0.717, 1.165) is 5.56 Å². The third-order valence-electron chi connectivity index (χ3n) is 2.23. The van der Waals surface area contributed by atoms with Crippen LogP contribution in [0.3, 0.4) is 0 Å². The summed E-state index contributed by atoms with van der Waals surface area (Å²) >= 11 is 0. The summed E-state index contributed by atoms with van der Waals surface area (Å²) in [6, 6.07) is 5.28. The zero-order valence-electron chi connectivity index (χ0n) is 8.51. The van der Waals surface area contributed by atoms with Crippen LogP contribution < -0.4 is 9.47 Å². The van der Waals surface area contributed by atoms with Gasteiger partial charge in [-0.3, -0.25) is 0 Å². The van der Waals surface area contributed by atoms with Crippen LogP contribution in [0, 0.1) is 0 Å². The van der Waals surface area contributed by atoms with Gasteiger partial charge in [0.05, 0.1) is 6.10 Å². The van der Waals surface area contributed by atoms with Gasteiger partial charge < -0.3 is 19.7 Å². The van der Waals surface area contributed by atoms with Gasteiger partial charge in [0.2, 0.25) is 0 Å². The molecule has 0 amide bonds. The average Bonchev–Trinajstić information content (AvgIpc) is 2.57. The van der Waals surface area contributed by atoms with Crippen molar-refractivity contribution in [2.24, 2.45) is 0 Å². The van der Waals surface area contributed by atoms with Crippen molar-refractivity contribution in [2.45, 2.75) is 19.1 Å². The molecule has 4 nitrogen and oxygen atoms in total. The van der Waals surface area contributed by atoms with Crippen LogP contribution >= 0.6 is 0 Å². The molecule has 2 rings (SSSR count). The molecule has 1 aromatic carbocycles. The van der Waals surface area contributed by atoms with Gasteiger partial charge in [-0.1, -0.05) is 0 Å². The summed E-state index contributed by atoms with van der Waals surface area (Å²) in [4.78, 5) is 0. The molecule has 2 N–H and O–H groups in total. The number of benzene rings is 1. The van der Waals surface area contributed by atoms with Crippen molar-refractivity contribution in [3.8, 4) is 11.5 Å². The van der Waals surface area contributed by atoms with Crippen molar-refractivity contribution in [1.82, 2.24) is 0 Å². The van der Waals surface area contributed by atoms with Gasteiger partial charge in [0, 0.05) is 11.6 Å². The van der Waals surface area contributed by atoms with Crippen molar-refractivity contribution in [3.05, 3.63) is 23.8 Å². The zero-order valence-corrected chi connectivity index (χ0v) is 8.51. The van der Waals surface area contributed by atoms with Crippen molar-refractivity contribution >= 4 is 0 Å². The van der Waals surface area contributed by atoms with Gasteiger partial charge in [-0.25, -0.2) is 0 Å². The minimum absolute atomic E-state index is 0.251. The molecule has 0 saturated carbocycles. The van der Waals surface area contributed by atoms with Crippen molar-refractivity contribution in [1.29, 1.82) is 0 Å². The second-order valence-electron chi connectivity index (χ2n) is 3.69. The van der Waals surface area contributed by atoms with Gasteiger partial charge in [-0.05, 0) is 19.1 Å². The van der Waals surface area contributed by atoms with Gasteiger partial charge in [0.25, 0.3) is 0 Å². The summed E-state index contributed by atoms with van der Waals surface area (Å²) in [7, 11) is 0. The van der Waals surface area contributed by atoms with Gasteiger partial charge in [0.15, 0.2) is 0 Å². The smallest absolute Gasteiger partial charge is 0.129 e. The number of hydrogen-bond donors (Lipinski definition) is 2. The first-order chi connectivity index (χ1) is 7.16. The minimum Gasteiger partial charge on any atom is -0.491 e. The van der Waals surface area contributed by atoms with E-state index < -0.39 is 12.2 Å². The molecule has 82 valence electrons. The Bertz CT molecular complexity index is 348. The van der Waals surface area contributed by atoms with E-state index in [4.69, 9.17) is 14.6 Å². The average molecular weight is 210 g/mol. The molecule has 4 heteroatoms. The Balaban J connectivity index is 2.09. The molecule has 1 aromatic rings. The van der Waals surface area contributed by atoms with Gasteiger partial charge in [-0.15, -0.1) is 0 Å². The minimum atomic E-state index is -0.536. The van der Waals surface area contributed by atoms with E-state index in [1.807, 2.05) is 0 Å². The standard InChI is InChI=1S/C11H14O4/c1-7(12)5-14-8-2-3-9-10(13)6-15-11(9)4-8/h2-4,7,10,12-13H,5-6H2,1H3. The SMILES string of the molecule is CC(O)COc1ccc2c(c1)OCC2O. The molecule has 0 aromatic heterocycles. The van der Waals surface area contributed by atoms with Crippen LogP contribution in [-0.2, 0) is 0 Å². The lowest BCUT2D eigenvalue weighted by Gasteiger charge is -2.09. The van der Waals surface area contributed by atoms with Gasteiger partial charge >= 0.3 is 0 Å². The molecule has 0 aliphatic carbocycles. The number of aliphatic hydroxyl groups is 2. The molecule has 0 radical (unpaired) electrons. The Morgan fingerprint density at radius 2 is 2.40 bits per heavy atom. The summed E-state index contributed by atoms with van der Waals surface area (Å²) in [5, 5.41) is 18.5. The number of fused-ring (bicyclic) bond motifs is 1. The van der Waals surface area contributed by atoms with E-state index in [0.29, 0.717) is 18.1 Å². The number of hydrogen-bond acceptors (Lipinski definition) is 4. The fourth-order valence-electron chi connectivity index (χ4n) is 1.48. The highest BCUT2D eigenvalue weighted by Crippen LogP contribution is 2.34. The molecule has 0 saturated heterocycles. The van der Waals surface area contributed by atoms with E-state index in [1.54, 1.807) is 25.1 Å². The molecule has 1 aliphatic heterocycles. The Morgan fingerprint density at radius 3 is 3.13 bits per heavy atom. The van der Waals surface area contributed by atoms with Crippen LogP contribution in [0.1, 0.15) is 18.6 Å². The lowest BCUT2D eigenvalue weighted by atomic mass is 10.1. The van der Waals surface area contributed by atoms with E-state index in [-0.39, 0.29) is 6.61 Å². The molecular formula is C11H14O4. The second-order valence-corrected chi connectivity index (χ2v) is 3.69. The molecule has 0 fully saturated rings. The number of ether oxygens (including phenoxy) is 2. The maximum atomic E-state index is 9.48. The second kappa shape index (κ2) is 4.08. The topological polar surface area (TPSA) is 58.9 Å². The molecule has 2 atom stereocenters. The highest BCUT2D eigenvalue weighted by Gasteiger charge is 2.21. The Kier molecular flexibility index (Phi) is 2.79. The summed E-state index contributed by atoms with van der Waals surface area (Å²) in [6.45, 7) is 2.21. The summed E-state index contributed by atoms with van der Waals surface area (Å²) in [5.41, 5.74) is 0.791. The van der Waals surface area contributed by atoms with Crippen molar-refractivity contribution in [2.75, 3.05) is 13.2 Å². The van der Waals surface area contributed by atoms with Gasteiger partial charge in [-0.2, -0.15) is 0 Å². The van der Waals surface area contributed by atoms with Gasteiger partial charge in [0.1, 0.15) is 30.8 Å². The highest BCUT2D eigenvalue weighted by molar-refractivity contribution is 5.44. The molecule has 15 heavy (non-hydrogen) atoms. The van der Waals surface area contributed by atoms with E-state index in [1.165, 1.54) is 0 Å². The van der Waals surface area contributed by atoms with Crippen molar-refractivity contribution < 1.29 is 19.7 Å². The van der Waals surface area contributed by atoms with E-state index in [9.17, 15) is 5.11 Å². The Morgan fingerprint density at radius 1 is 1.60 bits per heavy atom. The highest BCUT2D eigenvalue weighted by atomic mass is 16.5. The lowest BCUT2D eigenvalue weighted by molar-refractivity contribution is 0.122. The van der Waals surface area contributed by atoms with Crippen LogP contribution in [-0.4, -0.2) is 29.5 Å². The summed E-state index contributed by atoms with van der Waals surface area (Å²) in [5.74, 6) is 1.30. The monoisotopic (exact) mass is 210 g/mol. The lowest BCUT2D eigenvalue weighted by Crippen LogP contribution is -2.12. The first kappa shape index (κ1) is 10.3. The maximum Gasteiger partial charge on any atom is 0.129 e. The quantitative estimate of drug-likeness (QED) is 0.777. The molecular weight excluding hydrogens is 196 g/mol. The van der Waals surface area contributed by atoms with Crippen LogP contribution in [0.15, 0.2) is 18.2 Å². The van der Waals surface area contributed by atoms with Crippen LogP contribution in [0.4, 0.5) is 0 Å². The number of rotatable bonds is 3. The zero-order chi connectivity index (χ0) is 10.8. The van der Waals surface area contributed by atoms with Crippen LogP contribution in [0.2, 0.25) is 0 Å². The Labute approximate surface area is 88.1 Å². The molecule has 2 unspecified atom stereocenters. The Hall–Kier alpha value is -1.26. The maximum absolute atomic E-state index is 9.48. The first-order valence-electron chi connectivity index (χ1n) is 4.92. The van der Waals surface area contributed by atoms with Crippen molar-refractivity contribution in [3.63, 3.8) is 0 Å². The fourth-order valence-corrected chi connectivity index (χ4v) is 1.48. The first-order valence-corrected chi connectivity index (χ1v) is 4.92. The normalized spacial score (nSPS) is 20.6. The molecule has 1 heterocycles. The third-order valence-corrected chi connectivity index (χ3v) is 2.23. The molecule has 0 bridgehead atoms. The van der Waals surface area contributed by atoms with Crippen LogP contribution in [0.25, 0.3) is 0 Å². The van der Waals surface area contributed by atoms with E-state index in [2.05, 4.69) is 0 Å². The van der Waals surface area contributed by atoms with Crippen LogP contribution in [0.5, 0.6) is 11.5 Å². The molecule has 0 spiro atoms. The van der Waals surface area contributed by atoms with E-state index >= 15 is 0 Å². The number of aliphatic hydroxyl groups excluding tert-OH is 2. The molecule has 1 aliphatic rings. The summed E-state index contributed by atoms with van der Waals surface area (Å²) < 4.78 is 10.6. The predicted molar refractivity (Wildman–Crippen MR) is 54.1 cm³/mol. The third kappa shape index (κ3) is 2.22. The largest absolute Gasteiger partial charge is 0.491 e.